The average Bonchev–Trinajstić information content (AvgIpc) is 2.93. The number of nitrogens with zero attached hydrogens (tertiary/aromatic N) is 4. The number of benzene rings is 1. The van der Waals surface area contributed by atoms with Crippen molar-refractivity contribution in [1.29, 1.82) is 0 Å². The summed E-state index contributed by atoms with van der Waals surface area (Å²) < 4.78 is 2.02. The van der Waals surface area contributed by atoms with Gasteiger partial charge in [0.2, 0.25) is 0 Å². The van der Waals surface area contributed by atoms with Gasteiger partial charge in [-0.3, -0.25) is 4.98 Å². The summed E-state index contributed by atoms with van der Waals surface area (Å²) >= 11 is 13.9. The molecule has 0 atom stereocenters. The number of pyridine rings is 1. The maximum absolute atomic E-state index is 9.08. The number of aromatic nitrogens is 3. The van der Waals surface area contributed by atoms with Crippen LogP contribution in [0.25, 0.3) is 0 Å². The second-order valence-corrected chi connectivity index (χ2v) is 8.14. The molecule has 0 saturated heterocycles. The fourth-order valence-electron chi connectivity index (χ4n) is 2.63. The Morgan fingerprint density at radius 2 is 1.85 bits per heavy atom. The standard InChI is InChI=1S/C19H18Cl2N4OS/c1-12(2)18-19(27-16-8-14(20)7-15(21)9-16)25(17(24-18)10-23-26)11-13-3-5-22-6-4-13/h3-10,12,26H,11H2,1-2H3. The van der Waals surface area contributed by atoms with Crippen LogP contribution >= 0.6 is 35.0 Å². The highest BCUT2D eigenvalue weighted by Crippen LogP contribution is 2.37. The summed E-state index contributed by atoms with van der Waals surface area (Å²) in [7, 11) is 0. The molecule has 0 spiro atoms. The fraction of sp³-hybridized carbons (Fsp3) is 0.211. The van der Waals surface area contributed by atoms with Crippen molar-refractivity contribution in [3.63, 3.8) is 0 Å². The summed E-state index contributed by atoms with van der Waals surface area (Å²) in [6.45, 7) is 4.72. The number of hydrogen-bond acceptors (Lipinski definition) is 5. The van der Waals surface area contributed by atoms with Gasteiger partial charge in [-0.15, -0.1) is 0 Å². The number of hydrogen-bond donors (Lipinski definition) is 1. The van der Waals surface area contributed by atoms with Crippen LogP contribution in [-0.2, 0) is 6.54 Å². The maximum atomic E-state index is 9.08. The van der Waals surface area contributed by atoms with Crippen LogP contribution in [-0.4, -0.2) is 26.0 Å². The maximum Gasteiger partial charge on any atom is 0.156 e. The lowest BCUT2D eigenvalue weighted by Crippen LogP contribution is -2.06. The highest BCUT2D eigenvalue weighted by molar-refractivity contribution is 7.99. The van der Waals surface area contributed by atoms with Gasteiger partial charge < -0.3 is 9.77 Å². The minimum atomic E-state index is 0.187. The molecule has 0 bridgehead atoms. The Labute approximate surface area is 172 Å². The Hall–Kier alpha value is -2.02. The van der Waals surface area contributed by atoms with Crippen molar-refractivity contribution in [1.82, 2.24) is 14.5 Å². The molecule has 5 nitrogen and oxygen atoms in total. The van der Waals surface area contributed by atoms with Gasteiger partial charge in [-0.1, -0.05) is 54.0 Å². The third kappa shape index (κ3) is 4.83. The molecular formula is C19H18Cl2N4OS. The van der Waals surface area contributed by atoms with Crippen LogP contribution in [0, 0.1) is 0 Å². The van der Waals surface area contributed by atoms with E-state index >= 15 is 0 Å². The molecule has 0 amide bonds. The van der Waals surface area contributed by atoms with Gasteiger partial charge in [0.05, 0.1) is 12.2 Å². The first-order valence-corrected chi connectivity index (χ1v) is 9.86. The van der Waals surface area contributed by atoms with Gasteiger partial charge in [-0.05, 0) is 41.8 Å². The summed E-state index contributed by atoms with van der Waals surface area (Å²) in [6, 6.07) is 9.32. The van der Waals surface area contributed by atoms with Crippen molar-refractivity contribution in [2.45, 2.75) is 36.2 Å². The van der Waals surface area contributed by atoms with Crippen LogP contribution in [0.15, 0.2) is 57.8 Å². The smallest absolute Gasteiger partial charge is 0.156 e. The van der Waals surface area contributed by atoms with E-state index in [-0.39, 0.29) is 5.92 Å². The second kappa shape index (κ2) is 8.78. The molecule has 2 aromatic heterocycles. The topological polar surface area (TPSA) is 63.3 Å². The summed E-state index contributed by atoms with van der Waals surface area (Å²) in [5.41, 5.74) is 1.98. The summed E-state index contributed by atoms with van der Waals surface area (Å²) in [5.74, 6) is 0.764. The van der Waals surface area contributed by atoms with Gasteiger partial charge in [-0.2, -0.15) is 0 Å². The molecule has 3 rings (SSSR count). The Kier molecular flexibility index (Phi) is 6.42. The molecular weight excluding hydrogens is 403 g/mol. The third-order valence-corrected chi connectivity index (χ3v) is 5.37. The quantitative estimate of drug-likeness (QED) is 0.314. The zero-order valence-electron chi connectivity index (χ0n) is 14.8. The lowest BCUT2D eigenvalue weighted by molar-refractivity contribution is 0.321. The minimum Gasteiger partial charge on any atom is -0.411 e. The largest absolute Gasteiger partial charge is 0.411 e. The van der Waals surface area contributed by atoms with Gasteiger partial charge >= 0.3 is 0 Å². The normalized spacial score (nSPS) is 11.6. The zero-order valence-corrected chi connectivity index (χ0v) is 17.1. The molecule has 0 fully saturated rings. The molecule has 0 aliphatic heterocycles. The van der Waals surface area contributed by atoms with Crippen LogP contribution in [0.1, 0.15) is 36.8 Å². The van der Waals surface area contributed by atoms with E-state index in [0.29, 0.717) is 22.4 Å². The molecule has 1 N–H and O–H groups in total. The first-order chi connectivity index (χ1) is 13.0. The molecule has 140 valence electrons. The van der Waals surface area contributed by atoms with Gasteiger partial charge in [0.15, 0.2) is 5.82 Å². The fourth-order valence-corrected chi connectivity index (χ4v) is 4.53. The van der Waals surface area contributed by atoms with E-state index in [1.54, 1.807) is 18.5 Å². The van der Waals surface area contributed by atoms with Crippen molar-refractivity contribution in [2.24, 2.45) is 5.16 Å². The van der Waals surface area contributed by atoms with Crippen LogP contribution < -0.4 is 0 Å². The van der Waals surface area contributed by atoms with E-state index in [0.717, 1.165) is 21.2 Å². The van der Waals surface area contributed by atoms with Crippen LogP contribution in [0.2, 0.25) is 10.0 Å². The first kappa shape index (κ1) is 19.7. The molecule has 8 heteroatoms. The van der Waals surface area contributed by atoms with E-state index in [9.17, 15) is 0 Å². The van der Waals surface area contributed by atoms with Gasteiger partial charge in [0.25, 0.3) is 0 Å². The molecule has 0 radical (unpaired) electrons. The number of imidazole rings is 1. The molecule has 27 heavy (non-hydrogen) atoms. The Morgan fingerprint density at radius 1 is 1.19 bits per heavy atom. The molecule has 2 heterocycles. The van der Waals surface area contributed by atoms with Gasteiger partial charge in [-0.25, -0.2) is 4.98 Å². The van der Waals surface area contributed by atoms with E-state index in [1.807, 2.05) is 28.8 Å². The Balaban J connectivity index is 2.10. The second-order valence-electron chi connectivity index (χ2n) is 6.21. The van der Waals surface area contributed by atoms with E-state index < -0.39 is 0 Å². The van der Waals surface area contributed by atoms with Crippen LogP contribution in [0.3, 0.4) is 0 Å². The number of rotatable bonds is 6. The summed E-state index contributed by atoms with van der Waals surface area (Å²) in [4.78, 5) is 9.67. The highest BCUT2D eigenvalue weighted by Gasteiger charge is 2.20. The van der Waals surface area contributed by atoms with Crippen molar-refractivity contribution in [2.75, 3.05) is 0 Å². The third-order valence-electron chi connectivity index (χ3n) is 3.84. The van der Waals surface area contributed by atoms with Crippen LogP contribution in [0.5, 0.6) is 0 Å². The lowest BCUT2D eigenvalue weighted by atomic mass is 10.1. The molecule has 1 aromatic carbocycles. The number of oxime groups is 1. The minimum absolute atomic E-state index is 0.187. The van der Waals surface area contributed by atoms with E-state index in [1.165, 1.54) is 18.0 Å². The summed E-state index contributed by atoms with van der Waals surface area (Å²) in [5, 5.41) is 14.4. The first-order valence-electron chi connectivity index (χ1n) is 8.28. The Bertz CT molecular complexity index is 938. The monoisotopic (exact) mass is 420 g/mol. The van der Waals surface area contributed by atoms with Gasteiger partial charge in [0.1, 0.15) is 11.2 Å². The average molecular weight is 421 g/mol. The van der Waals surface area contributed by atoms with Crippen LogP contribution in [0.4, 0.5) is 0 Å². The van der Waals surface area contributed by atoms with Gasteiger partial charge in [0, 0.05) is 27.3 Å². The predicted molar refractivity (Wildman–Crippen MR) is 110 cm³/mol. The zero-order chi connectivity index (χ0) is 19.4. The number of halogens is 2. The van der Waals surface area contributed by atoms with Crippen molar-refractivity contribution >= 4 is 41.2 Å². The lowest BCUT2D eigenvalue weighted by Gasteiger charge is -2.13. The molecule has 0 aliphatic rings. The van der Waals surface area contributed by atoms with E-state index in [2.05, 4.69) is 29.0 Å². The molecule has 0 aliphatic carbocycles. The van der Waals surface area contributed by atoms with Crippen molar-refractivity contribution < 1.29 is 5.21 Å². The Morgan fingerprint density at radius 3 is 2.44 bits per heavy atom. The van der Waals surface area contributed by atoms with Crippen molar-refractivity contribution in [3.8, 4) is 0 Å². The highest BCUT2D eigenvalue weighted by atomic mass is 35.5. The SMILES string of the molecule is CC(C)c1nc(C=NO)n(Cc2ccncc2)c1Sc1cc(Cl)cc(Cl)c1. The summed E-state index contributed by atoms with van der Waals surface area (Å²) in [6.07, 6.45) is 4.85. The van der Waals surface area contributed by atoms with Crippen molar-refractivity contribution in [3.05, 3.63) is 69.9 Å². The van der Waals surface area contributed by atoms with E-state index in [4.69, 9.17) is 28.4 Å². The molecule has 3 aromatic rings. The molecule has 0 saturated carbocycles. The molecule has 0 unspecified atom stereocenters. The predicted octanol–water partition coefficient (Wildman–Crippen LogP) is 5.72.